The minimum absolute atomic E-state index is 0. The zero-order chi connectivity index (χ0) is 22.5. The smallest absolute Gasteiger partial charge is 0.416 e. The predicted molar refractivity (Wildman–Crippen MR) is 108 cm³/mol. The van der Waals surface area contributed by atoms with Gasteiger partial charge in [0, 0.05) is 11.8 Å². The molecular formula is C18H14F4N6O3S. The van der Waals surface area contributed by atoms with E-state index in [1.54, 1.807) is 0 Å². The Bertz CT molecular complexity index is 1380. The third kappa shape index (κ3) is 3.95. The van der Waals surface area contributed by atoms with Gasteiger partial charge in [0.1, 0.15) is 11.3 Å². The number of rotatable bonds is 4. The van der Waals surface area contributed by atoms with E-state index in [1.165, 1.54) is 13.1 Å². The summed E-state index contributed by atoms with van der Waals surface area (Å²) in [7, 11) is 0. The van der Waals surface area contributed by atoms with Gasteiger partial charge in [-0.25, -0.2) is 18.9 Å². The van der Waals surface area contributed by atoms with Gasteiger partial charge in [-0.2, -0.15) is 36.9 Å². The predicted octanol–water partition coefficient (Wildman–Crippen LogP) is 2.88. The van der Waals surface area contributed by atoms with Gasteiger partial charge in [0.05, 0.1) is 29.6 Å². The molecule has 4 aromatic rings. The van der Waals surface area contributed by atoms with Crippen molar-refractivity contribution in [2.45, 2.75) is 19.1 Å². The Balaban J connectivity index is 0.00000289. The number of fused-ring (bicyclic) bond motifs is 1. The number of halogens is 4. The highest BCUT2D eigenvalue weighted by Crippen LogP contribution is 2.33. The Labute approximate surface area is 182 Å². The first-order valence-corrected chi connectivity index (χ1v) is 8.69. The molecule has 3 aromatic heterocycles. The lowest BCUT2D eigenvalue weighted by molar-refractivity contribution is -0.137. The highest BCUT2D eigenvalue weighted by atomic mass is 32.1. The van der Waals surface area contributed by atoms with Crippen LogP contribution in [-0.4, -0.2) is 40.6 Å². The quantitative estimate of drug-likeness (QED) is 0.443. The summed E-state index contributed by atoms with van der Waals surface area (Å²) in [6.07, 6.45) is -1.27. The van der Waals surface area contributed by atoms with Gasteiger partial charge in [0.25, 0.3) is 5.56 Å². The van der Waals surface area contributed by atoms with Crippen molar-refractivity contribution in [2.24, 2.45) is 0 Å². The summed E-state index contributed by atoms with van der Waals surface area (Å²) in [6.45, 7) is 1.39. The molecule has 0 fully saturated rings. The minimum Gasteiger partial charge on any atom is -0.478 e. The van der Waals surface area contributed by atoms with Gasteiger partial charge in [0.15, 0.2) is 5.52 Å². The van der Waals surface area contributed by atoms with Crippen LogP contribution in [0.1, 0.15) is 34.5 Å². The number of alkyl halides is 3. The van der Waals surface area contributed by atoms with Crippen molar-refractivity contribution in [3.63, 3.8) is 0 Å². The molecule has 0 radical (unpaired) electrons. The summed E-state index contributed by atoms with van der Waals surface area (Å²) in [4.78, 5) is 30.2. The van der Waals surface area contributed by atoms with Crippen molar-refractivity contribution in [3.8, 4) is 5.95 Å². The molecule has 4 rings (SSSR count). The number of hydrogen-bond donors (Lipinski definition) is 2. The number of carbonyl (C=O) groups is 1. The van der Waals surface area contributed by atoms with Gasteiger partial charge in [0.2, 0.25) is 5.95 Å². The lowest BCUT2D eigenvalue weighted by Gasteiger charge is -2.16. The third-order valence-corrected chi connectivity index (χ3v) is 4.63. The molecule has 0 amide bonds. The number of H-pyrrole nitrogens is 1. The number of benzene rings is 1. The number of hydrogen-bond acceptors (Lipinski definition) is 5. The van der Waals surface area contributed by atoms with Crippen LogP contribution in [0.5, 0.6) is 0 Å². The van der Waals surface area contributed by atoms with Crippen LogP contribution in [-0.2, 0) is 6.18 Å². The summed E-state index contributed by atoms with van der Waals surface area (Å²) >= 11 is 0. The van der Waals surface area contributed by atoms with Crippen LogP contribution in [0.3, 0.4) is 0 Å². The Hall–Kier alpha value is -3.68. The highest BCUT2D eigenvalue weighted by molar-refractivity contribution is 7.59. The van der Waals surface area contributed by atoms with Crippen LogP contribution in [0, 0.1) is 5.82 Å². The molecule has 0 saturated carbocycles. The average molecular weight is 470 g/mol. The minimum atomic E-state index is -4.67. The number of carboxylic acid groups (broad SMARTS) is 1. The largest absolute Gasteiger partial charge is 0.478 e. The second kappa shape index (κ2) is 8.11. The number of aromatic carboxylic acids is 1. The Morgan fingerprint density at radius 1 is 1.22 bits per heavy atom. The van der Waals surface area contributed by atoms with Crippen molar-refractivity contribution in [2.75, 3.05) is 0 Å². The van der Waals surface area contributed by atoms with Crippen molar-refractivity contribution >= 4 is 30.5 Å². The summed E-state index contributed by atoms with van der Waals surface area (Å²) in [5.74, 6) is -2.20. The number of aromatic nitrogens is 6. The van der Waals surface area contributed by atoms with E-state index >= 15 is 0 Å². The van der Waals surface area contributed by atoms with Crippen molar-refractivity contribution in [3.05, 3.63) is 69.7 Å². The van der Waals surface area contributed by atoms with Crippen molar-refractivity contribution in [1.82, 2.24) is 29.5 Å². The molecule has 168 valence electrons. The van der Waals surface area contributed by atoms with E-state index in [0.29, 0.717) is 18.2 Å². The molecule has 32 heavy (non-hydrogen) atoms. The number of nitrogens with one attached hydrogen (secondary N) is 1. The molecule has 0 unspecified atom stereocenters. The normalized spacial score (nSPS) is 12.5. The van der Waals surface area contributed by atoms with E-state index < -0.39 is 35.1 Å². The molecule has 0 saturated heterocycles. The first kappa shape index (κ1) is 23.0. The molecule has 1 aromatic carbocycles. The second-order valence-electron chi connectivity index (χ2n) is 6.60. The van der Waals surface area contributed by atoms with Crippen LogP contribution >= 0.6 is 13.5 Å². The molecule has 0 bridgehead atoms. The monoisotopic (exact) mass is 470 g/mol. The van der Waals surface area contributed by atoms with Gasteiger partial charge in [-0.05, 0) is 25.1 Å². The van der Waals surface area contributed by atoms with Crippen LogP contribution < -0.4 is 5.56 Å². The average Bonchev–Trinajstić information content (AvgIpc) is 3.34. The fourth-order valence-corrected chi connectivity index (χ4v) is 3.08. The lowest BCUT2D eigenvalue weighted by Crippen LogP contribution is -2.19. The third-order valence-electron chi connectivity index (χ3n) is 4.63. The molecule has 9 nitrogen and oxygen atoms in total. The van der Waals surface area contributed by atoms with Crippen LogP contribution in [0.4, 0.5) is 17.6 Å². The van der Waals surface area contributed by atoms with Gasteiger partial charge >= 0.3 is 12.1 Å². The topological polar surface area (TPSA) is 119 Å². The van der Waals surface area contributed by atoms with E-state index in [4.69, 9.17) is 5.11 Å². The van der Waals surface area contributed by atoms with E-state index in [9.17, 15) is 27.2 Å². The molecule has 0 aliphatic carbocycles. The SMILES string of the molecule is C[C@@H](c1cc(C(F)(F)F)ccc1F)n1ncc2nc(-n3cc(C(=O)O)cn3)[nH]c(=O)c21.S. The van der Waals surface area contributed by atoms with Crippen LogP contribution in [0.2, 0.25) is 0 Å². The van der Waals surface area contributed by atoms with E-state index in [-0.39, 0.29) is 41.6 Å². The van der Waals surface area contributed by atoms with Gasteiger partial charge in [-0.3, -0.25) is 14.5 Å². The molecule has 0 aliphatic rings. The molecule has 1 atom stereocenters. The zero-order valence-electron chi connectivity index (χ0n) is 16.1. The summed E-state index contributed by atoms with van der Waals surface area (Å²) in [6, 6.07) is 0.944. The zero-order valence-corrected chi connectivity index (χ0v) is 17.1. The Morgan fingerprint density at radius 2 is 1.94 bits per heavy atom. The number of nitrogens with zero attached hydrogens (tertiary/aromatic N) is 5. The van der Waals surface area contributed by atoms with Crippen molar-refractivity contribution in [1.29, 1.82) is 0 Å². The maximum atomic E-state index is 14.3. The maximum absolute atomic E-state index is 14.3. The van der Waals surface area contributed by atoms with Gasteiger partial charge in [-0.1, -0.05) is 0 Å². The molecule has 3 heterocycles. The number of aromatic amines is 1. The van der Waals surface area contributed by atoms with Gasteiger partial charge in [-0.15, -0.1) is 0 Å². The Kier molecular flexibility index (Phi) is 5.82. The molecular weight excluding hydrogens is 456 g/mol. The highest BCUT2D eigenvalue weighted by Gasteiger charge is 2.32. The summed E-state index contributed by atoms with van der Waals surface area (Å²) in [5.41, 5.74) is -2.23. The van der Waals surface area contributed by atoms with E-state index in [0.717, 1.165) is 21.8 Å². The molecule has 14 heteroatoms. The van der Waals surface area contributed by atoms with Gasteiger partial charge < -0.3 is 5.11 Å². The van der Waals surface area contributed by atoms with E-state index in [1.807, 2.05) is 0 Å². The maximum Gasteiger partial charge on any atom is 0.416 e. The fourth-order valence-electron chi connectivity index (χ4n) is 3.08. The van der Waals surface area contributed by atoms with E-state index in [2.05, 4.69) is 20.2 Å². The fraction of sp³-hybridized carbons (Fsp3) is 0.167. The van der Waals surface area contributed by atoms with Crippen LogP contribution in [0.25, 0.3) is 17.0 Å². The molecule has 2 N–H and O–H groups in total. The van der Waals surface area contributed by atoms with Crippen molar-refractivity contribution < 1.29 is 27.5 Å². The standard InChI is InChI=1S/C18H12F4N6O3.H2S/c1-8(11-4-10(18(20,21)22)2-3-12(11)19)28-14-13(6-24-28)25-17(26-15(14)29)27-7-9(5-23-27)16(30)31;/h2-8H,1H3,(H,30,31)(H,25,26,29);1H2/t8-;/m0./s1. The summed E-state index contributed by atoms with van der Waals surface area (Å²) < 4.78 is 55.5. The number of carboxylic acids is 1. The van der Waals surface area contributed by atoms with Crippen LogP contribution in [0.15, 0.2) is 41.6 Å². The first-order chi connectivity index (χ1) is 14.6. The molecule has 0 spiro atoms. The molecule has 0 aliphatic heterocycles. The first-order valence-electron chi connectivity index (χ1n) is 8.69. The lowest BCUT2D eigenvalue weighted by atomic mass is 10.0. The summed E-state index contributed by atoms with van der Waals surface area (Å²) in [5, 5.41) is 16.8. The Morgan fingerprint density at radius 3 is 2.56 bits per heavy atom. The second-order valence-corrected chi connectivity index (χ2v) is 6.60.